The molecule has 0 bridgehead atoms. The van der Waals surface area contributed by atoms with Crippen molar-refractivity contribution in [2.75, 3.05) is 39.8 Å². The summed E-state index contributed by atoms with van der Waals surface area (Å²) in [6.07, 6.45) is 1.92. The van der Waals surface area contributed by atoms with Crippen LogP contribution in [0.4, 0.5) is 0 Å². The number of nitrogens with zero attached hydrogens (tertiary/aromatic N) is 4. The van der Waals surface area contributed by atoms with Crippen LogP contribution >= 0.6 is 0 Å². The number of hydrogen-bond acceptors (Lipinski definition) is 7. The molecule has 0 aliphatic heterocycles. The van der Waals surface area contributed by atoms with Gasteiger partial charge in [0.25, 0.3) is 0 Å². The number of methoxy groups -OCH3 is 1. The molecule has 0 saturated heterocycles. The summed E-state index contributed by atoms with van der Waals surface area (Å²) in [4.78, 5) is 30.4. The fourth-order valence-electron chi connectivity index (χ4n) is 3.28. The number of guanidine groups is 1. The molecule has 1 heterocycles. The molecule has 0 radical (unpaired) electrons. The maximum atomic E-state index is 12.3. The Morgan fingerprint density at radius 1 is 1.26 bits per heavy atom. The Bertz CT molecular complexity index is 715. The van der Waals surface area contributed by atoms with Gasteiger partial charge in [-0.1, -0.05) is 0 Å². The van der Waals surface area contributed by atoms with E-state index in [1.165, 1.54) is 7.11 Å². The topological polar surface area (TPSA) is 167 Å². The highest BCUT2D eigenvalue weighted by molar-refractivity contribution is 5.84. The first-order chi connectivity index (χ1) is 14.8. The van der Waals surface area contributed by atoms with E-state index in [4.69, 9.17) is 21.9 Å². The molecule has 1 aromatic rings. The summed E-state index contributed by atoms with van der Waals surface area (Å²) in [6, 6.07) is 1.34. The zero-order chi connectivity index (χ0) is 23.2. The predicted octanol–water partition coefficient (Wildman–Crippen LogP) is -0.748. The van der Waals surface area contributed by atoms with Crippen molar-refractivity contribution in [3.8, 4) is 0 Å². The first kappa shape index (κ1) is 26.4. The van der Waals surface area contributed by atoms with Crippen LogP contribution in [-0.2, 0) is 20.9 Å². The van der Waals surface area contributed by atoms with Gasteiger partial charge in [-0.25, -0.2) is 4.79 Å². The number of nitrogens with one attached hydrogen (secondary N) is 1. The smallest absolute Gasteiger partial charge is 0.328 e. The van der Waals surface area contributed by atoms with Crippen LogP contribution in [0.1, 0.15) is 37.1 Å². The number of aryl methyl sites for hydroxylation is 2. The zero-order valence-electron chi connectivity index (χ0n) is 19.0. The third-order valence-electron chi connectivity index (χ3n) is 4.82. The van der Waals surface area contributed by atoms with E-state index >= 15 is 0 Å². The van der Waals surface area contributed by atoms with Crippen LogP contribution in [0.25, 0.3) is 0 Å². The van der Waals surface area contributed by atoms with Gasteiger partial charge in [-0.2, -0.15) is 5.10 Å². The Morgan fingerprint density at radius 2 is 2.00 bits per heavy atom. The normalized spacial score (nSPS) is 11.9. The van der Waals surface area contributed by atoms with Crippen molar-refractivity contribution >= 4 is 17.8 Å². The summed E-state index contributed by atoms with van der Waals surface area (Å²) < 4.78 is 6.76. The molecule has 176 valence electrons. The highest BCUT2D eigenvalue weighted by Crippen LogP contribution is 2.05. The molecule has 1 amide bonds. The fourth-order valence-corrected chi connectivity index (χ4v) is 3.28. The first-order valence-electron chi connectivity index (χ1n) is 10.6. The summed E-state index contributed by atoms with van der Waals surface area (Å²) in [6.45, 7) is 7.99. The van der Waals surface area contributed by atoms with Crippen molar-refractivity contribution in [1.82, 2.24) is 20.0 Å². The maximum Gasteiger partial charge on any atom is 0.328 e. The number of esters is 1. The van der Waals surface area contributed by atoms with E-state index in [1.54, 1.807) is 0 Å². The number of amides is 1. The highest BCUT2D eigenvalue weighted by Gasteiger charge is 2.21. The number of hydrogen-bond donors (Lipinski definition) is 4. The molecule has 0 fully saturated rings. The third-order valence-corrected chi connectivity index (χ3v) is 4.82. The molecule has 1 atom stereocenters. The SMILES string of the molecule is COC(=O)[C@H](CCCN=C(N)N)NC(=O)CCCN(CCN)CCn1nc(C)cc1C. The summed E-state index contributed by atoms with van der Waals surface area (Å²) >= 11 is 0. The Balaban J connectivity index is 2.44. The molecular weight excluding hydrogens is 400 g/mol. The summed E-state index contributed by atoms with van der Waals surface area (Å²) in [5.41, 5.74) is 18.4. The molecule has 0 spiro atoms. The van der Waals surface area contributed by atoms with Crippen molar-refractivity contribution in [3.05, 3.63) is 17.5 Å². The minimum absolute atomic E-state index is 0.00135. The average Bonchev–Trinajstić information content (AvgIpc) is 3.04. The number of aromatic nitrogens is 2. The van der Waals surface area contributed by atoms with Crippen molar-refractivity contribution in [2.45, 2.75) is 52.1 Å². The third kappa shape index (κ3) is 10.8. The van der Waals surface area contributed by atoms with Crippen molar-refractivity contribution < 1.29 is 14.3 Å². The average molecular weight is 439 g/mol. The van der Waals surface area contributed by atoms with Gasteiger partial charge in [0.2, 0.25) is 5.91 Å². The van der Waals surface area contributed by atoms with Crippen molar-refractivity contribution in [2.24, 2.45) is 22.2 Å². The van der Waals surface area contributed by atoms with Gasteiger partial charge in [-0.05, 0) is 45.7 Å². The second-order valence-electron chi connectivity index (χ2n) is 7.48. The number of carbonyl (C=O) groups excluding carboxylic acids is 2. The Hall–Kier alpha value is -2.66. The molecule has 11 heteroatoms. The van der Waals surface area contributed by atoms with Crippen LogP contribution in [-0.4, -0.2) is 78.4 Å². The van der Waals surface area contributed by atoms with Crippen LogP contribution in [0.15, 0.2) is 11.1 Å². The Kier molecular flexibility index (Phi) is 12.2. The predicted molar refractivity (Wildman–Crippen MR) is 120 cm³/mol. The van der Waals surface area contributed by atoms with E-state index in [1.807, 2.05) is 24.6 Å². The number of nitrogens with two attached hydrogens (primary N) is 3. The monoisotopic (exact) mass is 438 g/mol. The van der Waals surface area contributed by atoms with Gasteiger partial charge in [0.1, 0.15) is 6.04 Å². The molecule has 1 rings (SSSR count). The molecule has 0 aliphatic carbocycles. The van der Waals surface area contributed by atoms with Crippen LogP contribution in [0.5, 0.6) is 0 Å². The van der Waals surface area contributed by atoms with E-state index in [-0.39, 0.29) is 11.9 Å². The standard InChI is InChI=1S/C20H38N8O3/c1-15-14-16(2)28(26-15)13-12-27(11-8-21)10-5-7-18(29)25-17(19(30)31-3)6-4-9-24-20(22)23/h14,17H,4-13,21H2,1-3H3,(H,25,29)(H4,22,23,24)/t17-/m0/s1. The van der Waals surface area contributed by atoms with Gasteiger partial charge in [0.15, 0.2) is 5.96 Å². The van der Waals surface area contributed by atoms with Gasteiger partial charge in [0.05, 0.1) is 19.3 Å². The Morgan fingerprint density at radius 3 is 2.58 bits per heavy atom. The summed E-state index contributed by atoms with van der Waals surface area (Å²) in [5, 5.41) is 7.23. The zero-order valence-corrected chi connectivity index (χ0v) is 19.0. The molecule has 0 aliphatic rings. The Labute approximate surface area is 184 Å². The van der Waals surface area contributed by atoms with Gasteiger partial charge >= 0.3 is 5.97 Å². The second kappa shape index (κ2) is 14.4. The number of carbonyl (C=O) groups is 2. The van der Waals surface area contributed by atoms with Crippen molar-refractivity contribution in [3.63, 3.8) is 0 Å². The lowest BCUT2D eigenvalue weighted by Crippen LogP contribution is -2.42. The van der Waals surface area contributed by atoms with Gasteiger partial charge in [-0.15, -0.1) is 0 Å². The largest absolute Gasteiger partial charge is 0.467 e. The molecule has 11 nitrogen and oxygen atoms in total. The minimum atomic E-state index is -0.710. The molecule has 7 N–H and O–H groups in total. The lowest BCUT2D eigenvalue weighted by molar-refractivity contribution is -0.145. The minimum Gasteiger partial charge on any atom is -0.467 e. The summed E-state index contributed by atoms with van der Waals surface area (Å²) in [5.74, 6) is -0.672. The van der Waals surface area contributed by atoms with E-state index in [0.29, 0.717) is 38.8 Å². The van der Waals surface area contributed by atoms with Crippen LogP contribution in [0.3, 0.4) is 0 Å². The van der Waals surface area contributed by atoms with E-state index in [9.17, 15) is 9.59 Å². The quantitative estimate of drug-likeness (QED) is 0.120. The number of ether oxygens (including phenoxy) is 1. The number of rotatable bonds is 15. The van der Waals surface area contributed by atoms with Crippen LogP contribution < -0.4 is 22.5 Å². The highest BCUT2D eigenvalue weighted by atomic mass is 16.5. The van der Waals surface area contributed by atoms with Crippen molar-refractivity contribution in [1.29, 1.82) is 0 Å². The van der Waals surface area contributed by atoms with Gasteiger partial charge < -0.3 is 32.2 Å². The molecule has 1 aromatic heterocycles. The second-order valence-corrected chi connectivity index (χ2v) is 7.48. The summed E-state index contributed by atoms with van der Waals surface area (Å²) in [7, 11) is 1.30. The lowest BCUT2D eigenvalue weighted by atomic mass is 10.1. The van der Waals surface area contributed by atoms with E-state index in [2.05, 4.69) is 20.3 Å². The molecule has 0 unspecified atom stereocenters. The maximum absolute atomic E-state index is 12.3. The van der Waals surface area contributed by atoms with Gasteiger partial charge in [-0.3, -0.25) is 14.5 Å². The lowest BCUT2D eigenvalue weighted by Gasteiger charge is -2.22. The molecular formula is C20H38N8O3. The molecule has 31 heavy (non-hydrogen) atoms. The van der Waals surface area contributed by atoms with Crippen LogP contribution in [0, 0.1) is 13.8 Å². The first-order valence-corrected chi connectivity index (χ1v) is 10.6. The molecule has 0 aromatic carbocycles. The van der Waals surface area contributed by atoms with Gasteiger partial charge in [0, 0.05) is 38.3 Å². The van der Waals surface area contributed by atoms with Crippen LogP contribution in [0.2, 0.25) is 0 Å². The van der Waals surface area contributed by atoms with E-state index in [0.717, 1.165) is 37.6 Å². The molecule has 0 saturated carbocycles. The fraction of sp³-hybridized carbons (Fsp3) is 0.700. The number of aliphatic imine (C=N–C) groups is 1. The van der Waals surface area contributed by atoms with E-state index < -0.39 is 12.0 Å².